The van der Waals surface area contributed by atoms with E-state index >= 15 is 0 Å². The third-order valence-electron chi connectivity index (χ3n) is 0.838. The third-order valence-corrected chi connectivity index (χ3v) is 1.16. The van der Waals surface area contributed by atoms with Crippen molar-refractivity contribution in [3.63, 3.8) is 0 Å². The van der Waals surface area contributed by atoms with E-state index in [4.69, 9.17) is 5.11 Å². The number of carbonyl (C=O) groups is 2. The van der Waals surface area contributed by atoms with Crippen molar-refractivity contribution in [3.8, 4) is 0 Å². The molecule has 0 aromatic carbocycles. The summed E-state index contributed by atoms with van der Waals surface area (Å²) in [7, 11) is 1.42. The van der Waals surface area contributed by atoms with Gasteiger partial charge in [-0.15, -0.1) is 0 Å². The van der Waals surface area contributed by atoms with Crippen LogP contribution in [0.2, 0.25) is 0 Å². The minimum absolute atomic E-state index is 0.221. The standard InChI is InChI=1S/C5H7NO3S/c1-6-4(7)2-3(10)5(8)9/h2H2,1H3,(H,6,7)(H,8,9). The smallest absolute Gasteiger partial charge is 0.343 e. The van der Waals surface area contributed by atoms with Crippen LogP contribution in [0.3, 0.4) is 0 Å². The summed E-state index contributed by atoms with van der Waals surface area (Å²) in [5, 5.41) is 10.5. The van der Waals surface area contributed by atoms with Gasteiger partial charge in [0.25, 0.3) is 0 Å². The summed E-state index contributed by atoms with van der Waals surface area (Å²) in [6.07, 6.45) is -0.221. The summed E-state index contributed by atoms with van der Waals surface area (Å²) < 4.78 is 0. The van der Waals surface area contributed by atoms with E-state index in [9.17, 15) is 9.59 Å². The molecular weight excluding hydrogens is 154 g/mol. The molecular formula is C5H7NO3S. The SMILES string of the molecule is CNC(=O)CC(=S)C(=O)O. The second kappa shape index (κ2) is 3.94. The van der Waals surface area contributed by atoms with Gasteiger partial charge in [-0.1, -0.05) is 12.2 Å². The van der Waals surface area contributed by atoms with Gasteiger partial charge >= 0.3 is 5.97 Å². The van der Waals surface area contributed by atoms with Gasteiger partial charge in [0.2, 0.25) is 5.91 Å². The maximum absolute atomic E-state index is 10.5. The summed E-state index contributed by atoms with van der Waals surface area (Å²) in [4.78, 5) is 20.2. The van der Waals surface area contributed by atoms with E-state index in [0.717, 1.165) is 0 Å². The summed E-state index contributed by atoms with van der Waals surface area (Å²) in [6.45, 7) is 0. The Balaban J connectivity index is 3.80. The number of hydrogen-bond acceptors (Lipinski definition) is 3. The van der Waals surface area contributed by atoms with Crippen LogP contribution in [-0.2, 0) is 9.59 Å². The second-order valence-electron chi connectivity index (χ2n) is 1.58. The molecule has 0 radical (unpaired) electrons. The third kappa shape index (κ3) is 3.13. The molecule has 2 N–H and O–H groups in total. The van der Waals surface area contributed by atoms with E-state index in [0.29, 0.717) is 0 Å². The molecule has 0 aliphatic heterocycles. The predicted molar refractivity (Wildman–Crippen MR) is 38.9 cm³/mol. The van der Waals surface area contributed by atoms with Gasteiger partial charge in [-0.2, -0.15) is 0 Å². The molecule has 5 heteroatoms. The molecule has 0 fully saturated rings. The summed E-state index contributed by atoms with van der Waals surface area (Å²) >= 11 is 4.36. The number of amides is 1. The fourth-order valence-corrected chi connectivity index (χ4v) is 0.441. The van der Waals surface area contributed by atoms with E-state index in [1.807, 2.05) is 0 Å². The fraction of sp³-hybridized carbons (Fsp3) is 0.400. The van der Waals surface area contributed by atoms with Crippen LogP contribution >= 0.6 is 12.2 Å². The van der Waals surface area contributed by atoms with Crippen molar-refractivity contribution in [1.29, 1.82) is 0 Å². The molecule has 4 nitrogen and oxygen atoms in total. The van der Waals surface area contributed by atoms with Gasteiger partial charge in [-0.05, 0) is 0 Å². The van der Waals surface area contributed by atoms with E-state index in [2.05, 4.69) is 17.5 Å². The van der Waals surface area contributed by atoms with Crippen LogP contribution in [0.15, 0.2) is 0 Å². The van der Waals surface area contributed by atoms with E-state index in [1.54, 1.807) is 0 Å². The van der Waals surface area contributed by atoms with Gasteiger partial charge in [0, 0.05) is 7.05 Å². The number of carboxylic acid groups (broad SMARTS) is 1. The normalized spacial score (nSPS) is 8.50. The molecule has 0 aromatic rings. The number of aliphatic carboxylic acids is 1. The molecule has 0 spiro atoms. The molecule has 0 saturated heterocycles. The number of hydrogen-bond donors (Lipinski definition) is 2. The molecule has 56 valence electrons. The Morgan fingerprint density at radius 1 is 1.60 bits per heavy atom. The monoisotopic (exact) mass is 161 g/mol. The molecule has 0 rings (SSSR count). The molecule has 0 aliphatic carbocycles. The first-order chi connectivity index (χ1) is 4.57. The molecule has 0 aliphatic rings. The van der Waals surface area contributed by atoms with Gasteiger partial charge in [0.1, 0.15) is 4.86 Å². The van der Waals surface area contributed by atoms with Crippen molar-refractivity contribution in [2.45, 2.75) is 6.42 Å². The second-order valence-corrected chi connectivity index (χ2v) is 2.07. The average Bonchev–Trinajstić information content (AvgIpc) is 1.87. The lowest BCUT2D eigenvalue weighted by Crippen LogP contribution is -2.23. The minimum atomic E-state index is -1.21. The molecule has 0 atom stereocenters. The molecule has 0 aromatic heterocycles. The largest absolute Gasteiger partial charge is 0.477 e. The molecule has 0 unspecified atom stereocenters. The molecule has 1 amide bonds. The molecule has 10 heavy (non-hydrogen) atoms. The van der Waals surface area contributed by atoms with Gasteiger partial charge < -0.3 is 10.4 Å². The highest BCUT2D eigenvalue weighted by Crippen LogP contribution is 1.86. The van der Waals surface area contributed by atoms with Gasteiger partial charge in [0.05, 0.1) is 6.42 Å². The van der Waals surface area contributed by atoms with Crippen LogP contribution in [-0.4, -0.2) is 28.9 Å². The zero-order valence-electron chi connectivity index (χ0n) is 5.38. The van der Waals surface area contributed by atoms with Crippen LogP contribution in [0.5, 0.6) is 0 Å². The lowest BCUT2D eigenvalue weighted by atomic mass is 10.3. The van der Waals surface area contributed by atoms with Crippen molar-refractivity contribution < 1.29 is 14.7 Å². The topological polar surface area (TPSA) is 66.4 Å². The van der Waals surface area contributed by atoms with Gasteiger partial charge in [0.15, 0.2) is 0 Å². The lowest BCUT2D eigenvalue weighted by Gasteiger charge is -1.95. The van der Waals surface area contributed by atoms with Crippen molar-refractivity contribution in [1.82, 2.24) is 5.32 Å². The van der Waals surface area contributed by atoms with Crippen LogP contribution in [0.1, 0.15) is 6.42 Å². The van der Waals surface area contributed by atoms with E-state index in [-0.39, 0.29) is 17.2 Å². The zero-order valence-corrected chi connectivity index (χ0v) is 6.20. The van der Waals surface area contributed by atoms with Crippen LogP contribution in [0, 0.1) is 0 Å². The zero-order chi connectivity index (χ0) is 8.15. The Morgan fingerprint density at radius 2 is 2.10 bits per heavy atom. The first-order valence-corrected chi connectivity index (χ1v) is 2.95. The average molecular weight is 161 g/mol. The quantitative estimate of drug-likeness (QED) is 0.551. The van der Waals surface area contributed by atoms with Crippen molar-refractivity contribution in [2.24, 2.45) is 0 Å². The predicted octanol–water partition coefficient (Wildman–Crippen LogP) is -0.423. The van der Waals surface area contributed by atoms with Gasteiger partial charge in [-0.3, -0.25) is 4.79 Å². The van der Waals surface area contributed by atoms with Crippen molar-refractivity contribution >= 4 is 29.0 Å². The molecule has 0 bridgehead atoms. The Labute approximate surface area is 63.2 Å². The lowest BCUT2D eigenvalue weighted by molar-refractivity contribution is -0.130. The van der Waals surface area contributed by atoms with E-state index in [1.165, 1.54) is 7.05 Å². The van der Waals surface area contributed by atoms with Crippen LogP contribution in [0.25, 0.3) is 0 Å². The molecule has 0 saturated carbocycles. The van der Waals surface area contributed by atoms with Crippen LogP contribution in [0.4, 0.5) is 0 Å². The Hall–Kier alpha value is -0.970. The maximum atomic E-state index is 10.5. The van der Waals surface area contributed by atoms with E-state index < -0.39 is 5.97 Å². The highest BCUT2D eigenvalue weighted by Gasteiger charge is 2.09. The molecule has 0 heterocycles. The highest BCUT2D eigenvalue weighted by atomic mass is 32.1. The van der Waals surface area contributed by atoms with Crippen molar-refractivity contribution in [2.75, 3.05) is 7.05 Å². The number of rotatable bonds is 3. The summed E-state index contributed by atoms with van der Waals surface area (Å²) in [5.41, 5.74) is 0. The Kier molecular flexibility index (Phi) is 3.56. The summed E-state index contributed by atoms with van der Waals surface area (Å²) in [5.74, 6) is -1.59. The Morgan fingerprint density at radius 3 is 2.40 bits per heavy atom. The number of carbonyl (C=O) groups excluding carboxylic acids is 1. The number of thiocarbonyl (C=S) groups is 1. The first kappa shape index (κ1) is 9.03. The minimum Gasteiger partial charge on any atom is -0.477 e. The highest BCUT2D eigenvalue weighted by molar-refractivity contribution is 7.82. The fourth-order valence-electron chi connectivity index (χ4n) is 0.310. The maximum Gasteiger partial charge on any atom is 0.343 e. The number of nitrogens with one attached hydrogen (secondary N) is 1. The number of carboxylic acids is 1. The first-order valence-electron chi connectivity index (χ1n) is 2.54. The summed E-state index contributed by atoms with van der Waals surface area (Å²) in [6, 6.07) is 0. The van der Waals surface area contributed by atoms with Gasteiger partial charge in [-0.25, -0.2) is 4.79 Å². The Bertz CT molecular complexity index is 178. The van der Waals surface area contributed by atoms with Crippen LogP contribution < -0.4 is 5.32 Å². The van der Waals surface area contributed by atoms with Crippen molar-refractivity contribution in [3.05, 3.63) is 0 Å².